The molecule has 1 aromatic heterocycles. The first-order valence-corrected chi connectivity index (χ1v) is 9.38. The van der Waals surface area contributed by atoms with Gasteiger partial charge in [0, 0.05) is 18.7 Å². The maximum absolute atomic E-state index is 13.1. The van der Waals surface area contributed by atoms with Crippen molar-refractivity contribution in [1.82, 2.24) is 15.1 Å². The van der Waals surface area contributed by atoms with Gasteiger partial charge in [-0.1, -0.05) is 23.7 Å². The van der Waals surface area contributed by atoms with Crippen LogP contribution in [-0.2, 0) is 0 Å². The van der Waals surface area contributed by atoms with Crippen LogP contribution in [0.3, 0.4) is 0 Å². The fraction of sp³-hybridized carbons (Fsp3) is 0.250. The Labute approximate surface area is 166 Å². The van der Waals surface area contributed by atoms with Gasteiger partial charge in [0.2, 0.25) is 11.8 Å². The Morgan fingerprint density at radius 2 is 1.96 bits per heavy atom. The summed E-state index contributed by atoms with van der Waals surface area (Å²) >= 11 is 6.11. The molecule has 0 aliphatic carbocycles. The molecule has 3 aromatic rings. The summed E-state index contributed by atoms with van der Waals surface area (Å²) in [6.07, 6.45) is 1.68. The number of benzene rings is 2. The molecule has 28 heavy (non-hydrogen) atoms. The number of likely N-dealkylation sites (tertiary alicyclic amines) is 1. The van der Waals surface area contributed by atoms with Gasteiger partial charge in [-0.05, 0) is 49.2 Å². The lowest BCUT2D eigenvalue weighted by atomic mass is 9.98. The Hall–Kier alpha value is -2.93. The van der Waals surface area contributed by atoms with E-state index < -0.39 is 0 Å². The molecule has 4 rings (SSSR count). The summed E-state index contributed by atoms with van der Waals surface area (Å²) in [6, 6.07) is 12.8. The van der Waals surface area contributed by atoms with Gasteiger partial charge in [0.1, 0.15) is 5.82 Å². The van der Waals surface area contributed by atoms with Gasteiger partial charge in [-0.15, -0.1) is 10.2 Å². The van der Waals surface area contributed by atoms with E-state index in [2.05, 4.69) is 15.5 Å². The Morgan fingerprint density at radius 1 is 1.18 bits per heavy atom. The number of carbonyl (C=O) groups is 1. The number of hydrogen-bond acceptors (Lipinski definition) is 4. The second-order valence-corrected chi connectivity index (χ2v) is 7.05. The molecule has 0 spiro atoms. The van der Waals surface area contributed by atoms with Crippen LogP contribution < -0.4 is 5.32 Å². The second-order valence-electron chi connectivity index (χ2n) is 6.65. The van der Waals surface area contributed by atoms with Gasteiger partial charge in [0.15, 0.2) is 0 Å². The predicted octanol–water partition coefficient (Wildman–Crippen LogP) is 4.94. The summed E-state index contributed by atoms with van der Waals surface area (Å²) in [5.41, 5.74) is 1.23. The van der Waals surface area contributed by atoms with E-state index >= 15 is 0 Å². The van der Waals surface area contributed by atoms with E-state index in [0.717, 1.165) is 12.8 Å². The lowest BCUT2D eigenvalue weighted by Crippen LogP contribution is -2.41. The maximum Gasteiger partial charge on any atom is 0.321 e. The van der Waals surface area contributed by atoms with Crippen LogP contribution in [0, 0.1) is 5.82 Å². The fourth-order valence-corrected chi connectivity index (χ4v) is 3.41. The molecule has 1 fully saturated rings. The van der Waals surface area contributed by atoms with Gasteiger partial charge in [0.05, 0.1) is 16.6 Å². The van der Waals surface area contributed by atoms with Gasteiger partial charge in [-0.25, -0.2) is 9.18 Å². The molecule has 2 amide bonds. The highest BCUT2D eigenvalue weighted by Gasteiger charge is 2.28. The Bertz CT molecular complexity index is 976. The van der Waals surface area contributed by atoms with Crippen molar-refractivity contribution in [2.75, 3.05) is 18.4 Å². The van der Waals surface area contributed by atoms with Crippen LogP contribution in [0.2, 0.25) is 5.02 Å². The van der Waals surface area contributed by atoms with Gasteiger partial charge < -0.3 is 14.6 Å². The summed E-state index contributed by atoms with van der Waals surface area (Å²) in [5.74, 6) is 0.450. The van der Waals surface area contributed by atoms with E-state index in [0.29, 0.717) is 41.1 Å². The van der Waals surface area contributed by atoms with Crippen molar-refractivity contribution < 1.29 is 13.6 Å². The van der Waals surface area contributed by atoms with Gasteiger partial charge in [-0.3, -0.25) is 0 Å². The topological polar surface area (TPSA) is 71.3 Å². The molecule has 1 N–H and O–H groups in total. The number of carbonyl (C=O) groups excluding carboxylic acids is 1. The van der Waals surface area contributed by atoms with Crippen molar-refractivity contribution in [2.45, 2.75) is 18.8 Å². The summed E-state index contributed by atoms with van der Waals surface area (Å²) in [6.45, 7) is 1.12. The number of anilines is 1. The molecule has 1 aliphatic rings. The normalized spacial score (nSPS) is 16.8. The first-order valence-electron chi connectivity index (χ1n) is 9.00. The lowest BCUT2D eigenvalue weighted by molar-refractivity contribution is 0.187. The van der Waals surface area contributed by atoms with Gasteiger partial charge in [-0.2, -0.15) is 0 Å². The van der Waals surface area contributed by atoms with Crippen LogP contribution in [0.5, 0.6) is 0 Å². The number of amides is 2. The number of hydrogen-bond donors (Lipinski definition) is 1. The Kier molecular flexibility index (Phi) is 5.25. The summed E-state index contributed by atoms with van der Waals surface area (Å²) in [5, 5.41) is 11.5. The smallest absolute Gasteiger partial charge is 0.321 e. The molecule has 144 valence electrons. The highest BCUT2D eigenvalue weighted by molar-refractivity contribution is 6.33. The molecule has 0 saturated carbocycles. The van der Waals surface area contributed by atoms with Crippen molar-refractivity contribution >= 4 is 23.3 Å². The van der Waals surface area contributed by atoms with Crippen LogP contribution in [0.15, 0.2) is 52.9 Å². The minimum atomic E-state index is -0.323. The monoisotopic (exact) mass is 400 g/mol. The molecule has 1 saturated heterocycles. The molecule has 0 radical (unpaired) electrons. The first-order chi connectivity index (χ1) is 13.6. The number of nitrogens with zero attached hydrogens (tertiary/aromatic N) is 3. The van der Waals surface area contributed by atoms with Crippen molar-refractivity contribution in [3.63, 3.8) is 0 Å². The molecular formula is C20H18ClFN4O2. The molecule has 1 atom stereocenters. The minimum Gasteiger partial charge on any atom is -0.420 e. The third kappa shape index (κ3) is 3.99. The molecule has 1 unspecified atom stereocenters. The van der Waals surface area contributed by atoms with Crippen LogP contribution in [-0.4, -0.2) is 34.2 Å². The highest BCUT2D eigenvalue weighted by atomic mass is 35.5. The summed E-state index contributed by atoms with van der Waals surface area (Å²) < 4.78 is 18.9. The number of nitrogens with one attached hydrogen (secondary N) is 1. The predicted molar refractivity (Wildman–Crippen MR) is 104 cm³/mol. The third-order valence-corrected chi connectivity index (χ3v) is 5.03. The van der Waals surface area contributed by atoms with E-state index in [-0.39, 0.29) is 17.8 Å². The fourth-order valence-electron chi connectivity index (χ4n) is 3.23. The third-order valence-electron chi connectivity index (χ3n) is 4.71. The SMILES string of the molecule is O=C(Nc1ccccc1Cl)N1CCCC(c2nnc(-c3ccc(F)cc3)o2)C1. The number of piperidine rings is 1. The summed E-state index contributed by atoms with van der Waals surface area (Å²) in [4.78, 5) is 14.3. The first kappa shape index (κ1) is 18.4. The number of rotatable bonds is 3. The van der Waals surface area contributed by atoms with E-state index in [1.807, 2.05) is 12.1 Å². The van der Waals surface area contributed by atoms with Crippen molar-refractivity contribution in [3.05, 3.63) is 65.3 Å². The Morgan fingerprint density at radius 3 is 2.75 bits per heavy atom. The highest BCUT2D eigenvalue weighted by Crippen LogP contribution is 2.29. The maximum atomic E-state index is 13.1. The van der Waals surface area contributed by atoms with Crippen LogP contribution >= 0.6 is 11.6 Å². The summed E-state index contributed by atoms with van der Waals surface area (Å²) in [7, 11) is 0. The molecule has 6 nitrogen and oxygen atoms in total. The Balaban J connectivity index is 1.44. The largest absolute Gasteiger partial charge is 0.420 e. The van der Waals surface area contributed by atoms with E-state index in [1.165, 1.54) is 12.1 Å². The second kappa shape index (κ2) is 7.98. The molecule has 2 heterocycles. The zero-order valence-corrected chi connectivity index (χ0v) is 15.7. The number of para-hydroxylation sites is 1. The van der Waals surface area contributed by atoms with Crippen molar-refractivity contribution in [2.24, 2.45) is 0 Å². The average molecular weight is 401 g/mol. The van der Waals surface area contributed by atoms with Crippen molar-refractivity contribution in [1.29, 1.82) is 0 Å². The van der Waals surface area contributed by atoms with Crippen LogP contribution in [0.1, 0.15) is 24.7 Å². The molecule has 2 aromatic carbocycles. The molecular weight excluding hydrogens is 383 g/mol. The minimum absolute atomic E-state index is 0.0487. The van der Waals surface area contributed by atoms with Crippen molar-refractivity contribution in [3.8, 4) is 11.5 Å². The zero-order chi connectivity index (χ0) is 19.5. The number of halogens is 2. The van der Waals surface area contributed by atoms with Crippen LogP contribution in [0.4, 0.5) is 14.9 Å². The van der Waals surface area contributed by atoms with Gasteiger partial charge >= 0.3 is 6.03 Å². The lowest BCUT2D eigenvalue weighted by Gasteiger charge is -2.31. The van der Waals surface area contributed by atoms with Crippen LogP contribution in [0.25, 0.3) is 11.5 Å². The average Bonchev–Trinajstić information content (AvgIpc) is 3.21. The van der Waals surface area contributed by atoms with E-state index in [4.69, 9.17) is 16.0 Å². The quantitative estimate of drug-likeness (QED) is 0.675. The molecule has 8 heteroatoms. The van der Waals surface area contributed by atoms with Gasteiger partial charge in [0.25, 0.3) is 0 Å². The zero-order valence-electron chi connectivity index (χ0n) is 14.9. The number of aromatic nitrogens is 2. The standard InChI is InChI=1S/C20H18ClFN4O2/c21-16-5-1-2-6-17(16)23-20(27)26-11-3-4-14(12-26)19-25-24-18(28-19)13-7-9-15(22)10-8-13/h1-2,5-10,14H,3-4,11-12H2,(H,23,27). The van der Waals surface area contributed by atoms with E-state index in [9.17, 15) is 9.18 Å². The molecule has 1 aliphatic heterocycles. The van der Waals surface area contributed by atoms with E-state index in [1.54, 1.807) is 29.2 Å². The molecule has 0 bridgehead atoms. The number of urea groups is 1.